The van der Waals surface area contributed by atoms with Gasteiger partial charge in [0.25, 0.3) is 0 Å². The van der Waals surface area contributed by atoms with E-state index in [1.54, 1.807) is 0 Å². The molecule has 1 amide bonds. The fourth-order valence-corrected chi connectivity index (χ4v) is 2.62. The highest BCUT2D eigenvalue weighted by molar-refractivity contribution is 7.89. The Morgan fingerprint density at radius 2 is 1.90 bits per heavy atom. The summed E-state index contributed by atoms with van der Waals surface area (Å²) >= 11 is 0. The summed E-state index contributed by atoms with van der Waals surface area (Å²) in [5.74, 6) is -0.881. The number of carbonyl (C=O) groups is 1. The largest absolute Gasteiger partial charge is 0.353 e. The van der Waals surface area contributed by atoms with Crippen molar-refractivity contribution < 1.29 is 17.6 Å². The van der Waals surface area contributed by atoms with Crippen molar-refractivity contribution in [1.29, 1.82) is 0 Å². The van der Waals surface area contributed by atoms with Crippen LogP contribution in [0.3, 0.4) is 0 Å². The summed E-state index contributed by atoms with van der Waals surface area (Å²) in [7, 11) is -2.47. The Bertz CT molecular complexity index is 557. The topological polar surface area (TPSA) is 66.5 Å². The van der Waals surface area contributed by atoms with E-state index < -0.39 is 15.8 Å². The van der Waals surface area contributed by atoms with Crippen LogP contribution in [0.2, 0.25) is 0 Å². The number of likely N-dealkylation sites (N-methyl/N-ethyl adjacent to an activating group) is 1. The first kappa shape index (κ1) is 16.6. The van der Waals surface area contributed by atoms with Gasteiger partial charge in [-0.25, -0.2) is 12.8 Å². The van der Waals surface area contributed by atoms with Gasteiger partial charge in [-0.2, -0.15) is 4.31 Å². The first-order valence-corrected chi connectivity index (χ1v) is 7.72. The Kier molecular flexibility index (Phi) is 5.64. The van der Waals surface area contributed by atoms with Crippen LogP contribution in [-0.2, 0) is 14.8 Å². The van der Waals surface area contributed by atoms with E-state index in [2.05, 4.69) is 5.32 Å². The monoisotopic (exact) mass is 302 g/mol. The number of rotatable bonds is 6. The van der Waals surface area contributed by atoms with Gasteiger partial charge in [-0.3, -0.25) is 4.79 Å². The molecule has 1 atom stereocenters. The third-order valence-electron chi connectivity index (χ3n) is 2.91. The van der Waals surface area contributed by atoms with Crippen molar-refractivity contribution in [3.8, 4) is 0 Å². The Morgan fingerprint density at radius 3 is 2.40 bits per heavy atom. The normalized spacial score (nSPS) is 13.2. The third kappa shape index (κ3) is 4.28. The number of benzene rings is 1. The molecule has 112 valence electrons. The van der Waals surface area contributed by atoms with Crippen molar-refractivity contribution in [2.45, 2.75) is 31.2 Å². The van der Waals surface area contributed by atoms with Crippen LogP contribution < -0.4 is 5.32 Å². The molecule has 0 saturated carbocycles. The van der Waals surface area contributed by atoms with Crippen molar-refractivity contribution >= 4 is 15.9 Å². The van der Waals surface area contributed by atoms with Gasteiger partial charge in [-0.15, -0.1) is 0 Å². The minimum atomic E-state index is -3.79. The summed E-state index contributed by atoms with van der Waals surface area (Å²) in [4.78, 5) is 11.6. The van der Waals surface area contributed by atoms with Gasteiger partial charge in [0.15, 0.2) is 0 Å². The Hall–Kier alpha value is -1.47. The van der Waals surface area contributed by atoms with Crippen LogP contribution in [-0.4, -0.2) is 38.3 Å². The fourth-order valence-electron chi connectivity index (χ4n) is 1.50. The lowest BCUT2D eigenvalue weighted by molar-refractivity contribution is -0.121. The predicted molar refractivity (Wildman–Crippen MR) is 74.1 cm³/mol. The zero-order valence-electron chi connectivity index (χ0n) is 11.8. The minimum Gasteiger partial charge on any atom is -0.353 e. The van der Waals surface area contributed by atoms with Gasteiger partial charge in [0, 0.05) is 13.1 Å². The molecular weight excluding hydrogens is 283 g/mol. The summed E-state index contributed by atoms with van der Waals surface area (Å²) in [6, 6.07) is 4.48. The molecule has 0 aliphatic heterocycles. The van der Waals surface area contributed by atoms with E-state index in [1.807, 2.05) is 13.8 Å². The molecule has 0 heterocycles. The van der Waals surface area contributed by atoms with Gasteiger partial charge in [0.2, 0.25) is 15.9 Å². The van der Waals surface area contributed by atoms with Crippen molar-refractivity contribution in [1.82, 2.24) is 9.62 Å². The highest BCUT2D eigenvalue weighted by Gasteiger charge is 2.23. The summed E-state index contributed by atoms with van der Waals surface area (Å²) in [5, 5.41) is 2.69. The minimum absolute atomic E-state index is 0.00979. The van der Waals surface area contributed by atoms with Gasteiger partial charge in [-0.05, 0) is 37.6 Å². The molecule has 7 heteroatoms. The zero-order valence-corrected chi connectivity index (χ0v) is 12.6. The van der Waals surface area contributed by atoms with E-state index in [0.717, 1.165) is 22.9 Å². The second-order valence-corrected chi connectivity index (χ2v) is 6.64. The maximum Gasteiger partial charge on any atom is 0.243 e. The summed E-state index contributed by atoms with van der Waals surface area (Å²) < 4.78 is 38.1. The number of hydrogen-bond donors (Lipinski definition) is 1. The van der Waals surface area contributed by atoms with Crippen LogP contribution in [0.5, 0.6) is 0 Å². The van der Waals surface area contributed by atoms with Crippen LogP contribution >= 0.6 is 0 Å². The quantitative estimate of drug-likeness (QED) is 0.863. The molecule has 20 heavy (non-hydrogen) atoms. The van der Waals surface area contributed by atoms with Gasteiger partial charge < -0.3 is 5.32 Å². The predicted octanol–water partition coefficient (Wildman–Crippen LogP) is 1.36. The number of nitrogens with one attached hydrogen (secondary N) is 1. The molecule has 5 nitrogen and oxygen atoms in total. The van der Waals surface area contributed by atoms with E-state index in [4.69, 9.17) is 0 Å². The zero-order chi connectivity index (χ0) is 15.3. The Balaban J connectivity index is 2.77. The number of halogens is 1. The number of amides is 1. The summed E-state index contributed by atoms with van der Waals surface area (Å²) in [6.45, 7) is 3.49. The van der Waals surface area contributed by atoms with Gasteiger partial charge in [-0.1, -0.05) is 6.92 Å². The second kappa shape index (κ2) is 6.81. The molecule has 1 aromatic rings. The van der Waals surface area contributed by atoms with Crippen molar-refractivity contribution in [2.75, 3.05) is 13.6 Å². The molecular formula is C13H19FN2O3S. The molecule has 0 radical (unpaired) electrons. The van der Waals surface area contributed by atoms with Crippen molar-refractivity contribution in [3.63, 3.8) is 0 Å². The molecule has 0 aromatic heterocycles. The molecule has 0 aliphatic rings. The maximum absolute atomic E-state index is 12.8. The summed E-state index contributed by atoms with van der Waals surface area (Å²) in [6.07, 6.45) is 0.764. The first-order chi connectivity index (χ1) is 9.27. The van der Waals surface area contributed by atoms with Crippen molar-refractivity contribution in [2.24, 2.45) is 0 Å². The molecule has 0 bridgehead atoms. The number of sulfonamides is 1. The smallest absolute Gasteiger partial charge is 0.243 e. The molecule has 0 spiro atoms. The lowest BCUT2D eigenvalue weighted by Gasteiger charge is -2.18. The van der Waals surface area contributed by atoms with Crippen molar-refractivity contribution in [3.05, 3.63) is 30.1 Å². The van der Waals surface area contributed by atoms with Gasteiger partial charge >= 0.3 is 0 Å². The van der Waals surface area contributed by atoms with E-state index in [-0.39, 0.29) is 23.4 Å². The van der Waals surface area contributed by atoms with Crippen LogP contribution in [0, 0.1) is 5.82 Å². The lowest BCUT2D eigenvalue weighted by Crippen LogP contribution is -2.41. The Morgan fingerprint density at radius 1 is 1.35 bits per heavy atom. The molecule has 0 aliphatic carbocycles. The second-order valence-electron chi connectivity index (χ2n) is 4.59. The van der Waals surface area contributed by atoms with Gasteiger partial charge in [0.05, 0.1) is 11.4 Å². The number of carbonyl (C=O) groups excluding carboxylic acids is 1. The molecule has 0 fully saturated rings. The average molecular weight is 302 g/mol. The van der Waals surface area contributed by atoms with Crippen LogP contribution in [0.25, 0.3) is 0 Å². The van der Waals surface area contributed by atoms with E-state index in [1.165, 1.54) is 19.2 Å². The van der Waals surface area contributed by atoms with E-state index in [0.29, 0.717) is 0 Å². The first-order valence-electron chi connectivity index (χ1n) is 6.28. The molecule has 1 N–H and O–H groups in total. The van der Waals surface area contributed by atoms with E-state index >= 15 is 0 Å². The number of hydrogen-bond acceptors (Lipinski definition) is 3. The highest BCUT2D eigenvalue weighted by Crippen LogP contribution is 2.14. The maximum atomic E-state index is 12.8. The van der Waals surface area contributed by atoms with Crippen LogP contribution in [0.1, 0.15) is 20.3 Å². The fraction of sp³-hybridized carbons (Fsp3) is 0.462. The molecule has 0 saturated heterocycles. The van der Waals surface area contributed by atoms with Gasteiger partial charge in [0.1, 0.15) is 5.82 Å². The Labute approximate surface area is 118 Å². The van der Waals surface area contributed by atoms with E-state index in [9.17, 15) is 17.6 Å². The lowest BCUT2D eigenvalue weighted by atomic mass is 10.2. The average Bonchev–Trinajstić information content (AvgIpc) is 2.38. The molecule has 1 unspecified atom stereocenters. The standard InChI is InChI=1S/C13H19FN2O3S/c1-4-10(2)15-13(17)9-16(3)20(18,19)12-7-5-11(14)6-8-12/h5-8,10H,4,9H2,1-3H3,(H,15,17). The molecule has 1 aromatic carbocycles. The SMILES string of the molecule is CCC(C)NC(=O)CN(C)S(=O)(=O)c1ccc(F)cc1. The van der Waals surface area contributed by atoms with Crippen LogP contribution in [0.15, 0.2) is 29.2 Å². The number of nitrogens with zero attached hydrogens (tertiary/aromatic N) is 1. The molecule has 1 rings (SSSR count). The van der Waals surface area contributed by atoms with Crippen LogP contribution in [0.4, 0.5) is 4.39 Å². The highest BCUT2D eigenvalue weighted by atomic mass is 32.2. The third-order valence-corrected chi connectivity index (χ3v) is 4.73. The summed E-state index contributed by atoms with van der Waals surface area (Å²) in [5.41, 5.74) is 0.